The zero-order valence-corrected chi connectivity index (χ0v) is 17.9. The zero-order valence-electron chi connectivity index (χ0n) is 17.9. The molecule has 0 unspecified atom stereocenters. The van der Waals surface area contributed by atoms with E-state index in [1.165, 1.54) is 5.56 Å². The summed E-state index contributed by atoms with van der Waals surface area (Å²) >= 11 is 0. The minimum Gasteiger partial charge on any atom is -0.496 e. The Morgan fingerprint density at radius 3 is 2.42 bits per heavy atom. The molecule has 2 aromatic rings. The molecule has 3 rings (SSSR count). The monoisotopic (exact) mass is 422 g/mol. The Balaban J connectivity index is 1.69. The standard InChI is InChI=1S/C25H30N2O4/c1-3-17-26-24(29)31-20-13-15-25(16-14-20,19-9-5-4-6-10-19)18-27-23(28)21-11-7-8-12-22(21)30-2/h3-12,20H,1,13-18H2,2H3,(H,26,29)(H,27,28). The Morgan fingerprint density at radius 2 is 1.74 bits per heavy atom. The van der Waals surface area contributed by atoms with Gasteiger partial charge in [0.15, 0.2) is 0 Å². The van der Waals surface area contributed by atoms with Gasteiger partial charge in [-0.15, -0.1) is 6.58 Å². The molecule has 0 atom stereocenters. The van der Waals surface area contributed by atoms with Gasteiger partial charge in [0.25, 0.3) is 5.91 Å². The number of hydrogen-bond acceptors (Lipinski definition) is 4. The molecule has 0 bridgehead atoms. The Hall–Kier alpha value is -3.28. The third-order valence-corrected chi connectivity index (χ3v) is 5.88. The molecule has 0 radical (unpaired) electrons. The summed E-state index contributed by atoms with van der Waals surface area (Å²) < 4.78 is 10.9. The van der Waals surface area contributed by atoms with Crippen LogP contribution < -0.4 is 15.4 Å². The molecule has 0 aromatic heterocycles. The van der Waals surface area contributed by atoms with E-state index in [2.05, 4.69) is 29.3 Å². The molecule has 0 aliphatic heterocycles. The normalized spacial score (nSPS) is 20.4. The van der Waals surface area contributed by atoms with Crippen LogP contribution >= 0.6 is 0 Å². The maximum Gasteiger partial charge on any atom is 0.407 e. The van der Waals surface area contributed by atoms with Crippen LogP contribution in [0.3, 0.4) is 0 Å². The SMILES string of the molecule is C=CCNC(=O)OC1CCC(CNC(=O)c2ccccc2OC)(c2ccccc2)CC1. The van der Waals surface area contributed by atoms with Crippen molar-refractivity contribution in [3.05, 3.63) is 78.4 Å². The van der Waals surface area contributed by atoms with Gasteiger partial charge in [-0.2, -0.15) is 0 Å². The minimum absolute atomic E-state index is 0.133. The second-order valence-corrected chi connectivity index (χ2v) is 7.80. The van der Waals surface area contributed by atoms with Crippen LogP contribution in [0.4, 0.5) is 4.79 Å². The first-order chi connectivity index (χ1) is 15.1. The van der Waals surface area contributed by atoms with Crippen molar-refractivity contribution >= 4 is 12.0 Å². The number of para-hydroxylation sites is 1. The van der Waals surface area contributed by atoms with E-state index in [1.807, 2.05) is 30.3 Å². The van der Waals surface area contributed by atoms with E-state index in [4.69, 9.17) is 9.47 Å². The first kappa shape index (κ1) is 22.4. The number of rotatable bonds is 8. The van der Waals surface area contributed by atoms with Gasteiger partial charge in [-0.3, -0.25) is 4.79 Å². The maximum atomic E-state index is 12.9. The van der Waals surface area contributed by atoms with Crippen molar-refractivity contribution in [3.8, 4) is 5.75 Å². The third-order valence-electron chi connectivity index (χ3n) is 5.88. The fourth-order valence-corrected chi connectivity index (χ4v) is 4.15. The molecule has 1 aliphatic carbocycles. The van der Waals surface area contributed by atoms with Gasteiger partial charge in [-0.1, -0.05) is 48.5 Å². The quantitative estimate of drug-likeness (QED) is 0.625. The van der Waals surface area contributed by atoms with Gasteiger partial charge in [0, 0.05) is 18.5 Å². The van der Waals surface area contributed by atoms with Gasteiger partial charge in [0.2, 0.25) is 0 Å². The number of carbonyl (C=O) groups is 2. The molecular weight excluding hydrogens is 392 g/mol. The minimum atomic E-state index is -0.415. The summed E-state index contributed by atoms with van der Waals surface area (Å²) in [7, 11) is 1.56. The first-order valence-corrected chi connectivity index (χ1v) is 10.6. The van der Waals surface area contributed by atoms with E-state index < -0.39 is 6.09 Å². The molecule has 2 N–H and O–H groups in total. The van der Waals surface area contributed by atoms with E-state index >= 15 is 0 Å². The van der Waals surface area contributed by atoms with Crippen molar-refractivity contribution in [1.29, 1.82) is 0 Å². The lowest BCUT2D eigenvalue weighted by Crippen LogP contribution is -2.45. The molecule has 0 spiro atoms. The predicted octanol–water partition coefficient (Wildman–Crippen LogP) is 4.22. The lowest BCUT2D eigenvalue weighted by molar-refractivity contribution is 0.0570. The predicted molar refractivity (Wildman–Crippen MR) is 120 cm³/mol. The van der Waals surface area contributed by atoms with Gasteiger partial charge < -0.3 is 20.1 Å². The van der Waals surface area contributed by atoms with Gasteiger partial charge in [-0.25, -0.2) is 4.79 Å². The molecule has 0 saturated heterocycles. The summed E-state index contributed by atoms with van der Waals surface area (Å²) in [5.41, 5.74) is 1.49. The van der Waals surface area contributed by atoms with Crippen LogP contribution in [-0.4, -0.2) is 38.3 Å². The highest BCUT2D eigenvalue weighted by Gasteiger charge is 2.38. The largest absolute Gasteiger partial charge is 0.496 e. The number of methoxy groups -OCH3 is 1. The average molecular weight is 423 g/mol. The Bertz CT molecular complexity index is 889. The smallest absolute Gasteiger partial charge is 0.407 e. The number of carbonyl (C=O) groups excluding carboxylic acids is 2. The van der Waals surface area contributed by atoms with Crippen molar-refractivity contribution in [1.82, 2.24) is 10.6 Å². The van der Waals surface area contributed by atoms with E-state index in [1.54, 1.807) is 25.3 Å². The summed E-state index contributed by atoms with van der Waals surface area (Å²) in [4.78, 5) is 24.8. The number of benzene rings is 2. The van der Waals surface area contributed by atoms with Crippen molar-refractivity contribution in [2.24, 2.45) is 0 Å². The number of amides is 2. The van der Waals surface area contributed by atoms with Crippen LogP contribution in [0, 0.1) is 0 Å². The van der Waals surface area contributed by atoms with Gasteiger partial charge in [0.1, 0.15) is 11.9 Å². The van der Waals surface area contributed by atoms with E-state index in [0.29, 0.717) is 24.4 Å². The first-order valence-electron chi connectivity index (χ1n) is 10.6. The highest BCUT2D eigenvalue weighted by atomic mass is 16.6. The molecule has 1 fully saturated rings. The van der Waals surface area contributed by atoms with E-state index in [-0.39, 0.29) is 17.4 Å². The summed E-state index contributed by atoms with van der Waals surface area (Å²) in [6, 6.07) is 17.4. The highest BCUT2D eigenvalue weighted by Crippen LogP contribution is 2.40. The lowest BCUT2D eigenvalue weighted by atomic mass is 9.68. The number of alkyl carbamates (subject to hydrolysis) is 1. The lowest BCUT2D eigenvalue weighted by Gasteiger charge is -2.40. The zero-order chi connectivity index (χ0) is 22.1. The molecule has 164 valence electrons. The van der Waals surface area contributed by atoms with Gasteiger partial charge in [-0.05, 0) is 43.4 Å². The van der Waals surface area contributed by atoms with Crippen LogP contribution in [0.1, 0.15) is 41.6 Å². The highest BCUT2D eigenvalue weighted by molar-refractivity contribution is 5.96. The second-order valence-electron chi connectivity index (χ2n) is 7.80. The summed E-state index contributed by atoms with van der Waals surface area (Å²) in [6.45, 7) is 4.47. The van der Waals surface area contributed by atoms with Gasteiger partial charge >= 0.3 is 6.09 Å². The number of nitrogens with one attached hydrogen (secondary N) is 2. The summed E-state index contributed by atoms with van der Waals surface area (Å²) in [5, 5.41) is 5.77. The molecule has 2 amide bonds. The van der Waals surface area contributed by atoms with Crippen LogP contribution in [0.15, 0.2) is 67.3 Å². The van der Waals surface area contributed by atoms with Crippen molar-refractivity contribution in [2.75, 3.05) is 20.2 Å². The molecule has 6 nitrogen and oxygen atoms in total. The molecule has 2 aromatic carbocycles. The molecule has 6 heteroatoms. The second kappa shape index (κ2) is 10.7. The fourth-order valence-electron chi connectivity index (χ4n) is 4.15. The van der Waals surface area contributed by atoms with Crippen LogP contribution in [0.5, 0.6) is 5.75 Å². The Kier molecular flexibility index (Phi) is 7.70. The number of ether oxygens (including phenoxy) is 2. The van der Waals surface area contributed by atoms with Crippen molar-refractivity contribution in [3.63, 3.8) is 0 Å². The fraction of sp³-hybridized carbons (Fsp3) is 0.360. The van der Waals surface area contributed by atoms with Crippen LogP contribution in [0.2, 0.25) is 0 Å². The van der Waals surface area contributed by atoms with Crippen molar-refractivity contribution < 1.29 is 19.1 Å². The van der Waals surface area contributed by atoms with Crippen molar-refractivity contribution in [2.45, 2.75) is 37.2 Å². The summed E-state index contributed by atoms with van der Waals surface area (Å²) in [6.07, 6.45) is 4.16. The molecule has 31 heavy (non-hydrogen) atoms. The Morgan fingerprint density at radius 1 is 1.06 bits per heavy atom. The van der Waals surface area contributed by atoms with Gasteiger partial charge in [0.05, 0.1) is 12.7 Å². The van der Waals surface area contributed by atoms with E-state index in [9.17, 15) is 9.59 Å². The Labute approximate surface area is 183 Å². The molecule has 1 aliphatic rings. The van der Waals surface area contributed by atoms with E-state index in [0.717, 1.165) is 25.7 Å². The maximum absolute atomic E-state index is 12.9. The summed E-state index contributed by atoms with van der Waals surface area (Å²) in [5.74, 6) is 0.395. The molecule has 0 heterocycles. The topological polar surface area (TPSA) is 76.7 Å². The molecular formula is C25H30N2O4. The van der Waals surface area contributed by atoms with Crippen LogP contribution in [0.25, 0.3) is 0 Å². The third kappa shape index (κ3) is 5.66. The molecule has 1 saturated carbocycles. The van der Waals surface area contributed by atoms with Crippen LogP contribution in [-0.2, 0) is 10.2 Å². The average Bonchev–Trinajstić information content (AvgIpc) is 2.82. The number of hydrogen-bond donors (Lipinski definition) is 2.